The topological polar surface area (TPSA) is 73.6 Å². The molecule has 1 aromatic carbocycles. The normalized spacial score (nSPS) is 16.2. The van der Waals surface area contributed by atoms with E-state index in [9.17, 15) is 4.79 Å². The maximum atomic E-state index is 11.7. The molecule has 0 fully saturated rings. The van der Waals surface area contributed by atoms with E-state index in [4.69, 9.17) is 15.2 Å². The number of ether oxygens (including phenoxy) is 2. The van der Waals surface area contributed by atoms with E-state index < -0.39 is 0 Å². The molecule has 1 aromatic rings. The molecule has 1 heterocycles. The van der Waals surface area contributed by atoms with Crippen LogP contribution in [0, 0.1) is 5.92 Å². The van der Waals surface area contributed by atoms with Crippen molar-refractivity contribution in [3.63, 3.8) is 0 Å². The van der Waals surface area contributed by atoms with E-state index >= 15 is 0 Å². The zero-order valence-electron chi connectivity index (χ0n) is 10.6. The number of carbonyl (C=O) groups is 1. The second-order valence-electron chi connectivity index (χ2n) is 4.55. The van der Waals surface area contributed by atoms with Crippen LogP contribution in [0.4, 0.5) is 0 Å². The Morgan fingerprint density at radius 3 is 2.83 bits per heavy atom. The van der Waals surface area contributed by atoms with Gasteiger partial charge in [0.1, 0.15) is 0 Å². The van der Waals surface area contributed by atoms with E-state index in [0.29, 0.717) is 6.54 Å². The van der Waals surface area contributed by atoms with Gasteiger partial charge in [0.15, 0.2) is 11.5 Å². The van der Waals surface area contributed by atoms with Gasteiger partial charge in [-0.1, -0.05) is 13.0 Å². The van der Waals surface area contributed by atoms with Crippen LogP contribution in [0.15, 0.2) is 18.2 Å². The number of carbonyl (C=O) groups excluding carboxylic acids is 1. The molecular formula is C13H18N2O3. The Balaban J connectivity index is 1.93. The van der Waals surface area contributed by atoms with Crippen molar-refractivity contribution in [3.05, 3.63) is 23.8 Å². The van der Waals surface area contributed by atoms with Gasteiger partial charge in [-0.2, -0.15) is 0 Å². The van der Waals surface area contributed by atoms with E-state index in [1.54, 1.807) is 0 Å². The van der Waals surface area contributed by atoms with E-state index in [2.05, 4.69) is 5.32 Å². The van der Waals surface area contributed by atoms with Crippen molar-refractivity contribution < 1.29 is 14.3 Å². The van der Waals surface area contributed by atoms with Crippen LogP contribution in [0.25, 0.3) is 0 Å². The van der Waals surface area contributed by atoms with Gasteiger partial charge in [0, 0.05) is 18.5 Å². The number of fused-ring (bicyclic) bond motifs is 1. The largest absolute Gasteiger partial charge is 0.454 e. The predicted molar refractivity (Wildman–Crippen MR) is 67.2 cm³/mol. The van der Waals surface area contributed by atoms with Gasteiger partial charge in [-0.15, -0.1) is 0 Å². The Bertz CT molecular complexity index is 446. The molecule has 0 saturated carbocycles. The highest BCUT2D eigenvalue weighted by molar-refractivity contribution is 5.78. The van der Waals surface area contributed by atoms with Gasteiger partial charge in [-0.25, -0.2) is 0 Å². The lowest BCUT2D eigenvalue weighted by atomic mass is 10.0. The Kier molecular flexibility index (Phi) is 3.72. The van der Waals surface area contributed by atoms with Crippen molar-refractivity contribution in [2.24, 2.45) is 11.7 Å². The molecule has 98 valence electrons. The second kappa shape index (κ2) is 5.27. The van der Waals surface area contributed by atoms with Crippen LogP contribution in [0.5, 0.6) is 11.5 Å². The molecule has 2 atom stereocenters. The van der Waals surface area contributed by atoms with Crippen LogP contribution < -0.4 is 20.5 Å². The fourth-order valence-corrected chi connectivity index (χ4v) is 1.64. The van der Waals surface area contributed by atoms with Crippen molar-refractivity contribution in [2.75, 3.05) is 6.79 Å². The summed E-state index contributed by atoms with van der Waals surface area (Å²) in [5.41, 5.74) is 6.66. The molecule has 0 radical (unpaired) electrons. The fourth-order valence-electron chi connectivity index (χ4n) is 1.64. The maximum absolute atomic E-state index is 11.7. The first-order valence-electron chi connectivity index (χ1n) is 5.99. The summed E-state index contributed by atoms with van der Waals surface area (Å²) >= 11 is 0. The fraction of sp³-hybridized carbons (Fsp3) is 0.462. The number of amides is 1. The quantitative estimate of drug-likeness (QED) is 0.836. The summed E-state index contributed by atoms with van der Waals surface area (Å²) in [7, 11) is 0. The first-order chi connectivity index (χ1) is 8.58. The minimum absolute atomic E-state index is 0.0392. The van der Waals surface area contributed by atoms with E-state index in [1.165, 1.54) is 0 Å². The molecule has 3 N–H and O–H groups in total. The summed E-state index contributed by atoms with van der Waals surface area (Å²) in [5.74, 6) is 1.23. The average Bonchev–Trinajstić information content (AvgIpc) is 2.82. The van der Waals surface area contributed by atoms with Gasteiger partial charge in [-0.05, 0) is 24.6 Å². The molecule has 5 nitrogen and oxygen atoms in total. The highest BCUT2D eigenvalue weighted by Crippen LogP contribution is 2.32. The number of rotatable bonds is 4. The van der Waals surface area contributed by atoms with Crippen LogP contribution in [0.2, 0.25) is 0 Å². The zero-order valence-corrected chi connectivity index (χ0v) is 10.6. The molecule has 1 amide bonds. The molecule has 2 unspecified atom stereocenters. The maximum Gasteiger partial charge on any atom is 0.231 e. The zero-order chi connectivity index (χ0) is 13.1. The number of nitrogens with two attached hydrogens (primary N) is 1. The number of hydrogen-bond donors (Lipinski definition) is 2. The Morgan fingerprint density at radius 1 is 1.39 bits per heavy atom. The van der Waals surface area contributed by atoms with Gasteiger partial charge in [0.05, 0.1) is 0 Å². The van der Waals surface area contributed by atoms with Crippen molar-refractivity contribution in [1.29, 1.82) is 0 Å². The molecular weight excluding hydrogens is 232 g/mol. The lowest BCUT2D eigenvalue weighted by molar-refractivity contribution is -0.125. The summed E-state index contributed by atoms with van der Waals surface area (Å²) in [4.78, 5) is 11.7. The van der Waals surface area contributed by atoms with Crippen molar-refractivity contribution in [3.8, 4) is 11.5 Å². The smallest absolute Gasteiger partial charge is 0.231 e. The van der Waals surface area contributed by atoms with Gasteiger partial charge < -0.3 is 20.5 Å². The van der Waals surface area contributed by atoms with Crippen LogP contribution >= 0.6 is 0 Å². The van der Waals surface area contributed by atoms with Crippen molar-refractivity contribution in [2.45, 2.75) is 26.4 Å². The monoisotopic (exact) mass is 250 g/mol. The third kappa shape index (κ3) is 2.73. The van der Waals surface area contributed by atoms with Crippen LogP contribution in [0.3, 0.4) is 0 Å². The summed E-state index contributed by atoms with van der Waals surface area (Å²) in [6.07, 6.45) is 0. The number of benzene rings is 1. The lowest BCUT2D eigenvalue weighted by Gasteiger charge is -2.15. The second-order valence-corrected chi connectivity index (χ2v) is 4.55. The third-order valence-electron chi connectivity index (χ3n) is 3.11. The molecule has 2 rings (SSSR count). The standard InChI is InChI=1S/C13H18N2O3/c1-8(9(2)14)13(16)15-6-10-3-4-11-12(5-10)18-7-17-11/h3-5,8-9H,6-7,14H2,1-2H3,(H,15,16). The highest BCUT2D eigenvalue weighted by Gasteiger charge is 2.17. The van der Waals surface area contributed by atoms with E-state index in [0.717, 1.165) is 17.1 Å². The van der Waals surface area contributed by atoms with Crippen LogP contribution in [0.1, 0.15) is 19.4 Å². The summed E-state index contributed by atoms with van der Waals surface area (Å²) in [6, 6.07) is 5.48. The summed E-state index contributed by atoms with van der Waals surface area (Å²) in [6.45, 7) is 4.36. The minimum atomic E-state index is -0.195. The molecule has 18 heavy (non-hydrogen) atoms. The lowest BCUT2D eigenvalue weighted by Crippen LogP contribution is -2.38. The molecule has 0 saturated heterocycles. The Labute approximate surface area is 106 Å². The van der Waals surface area contributed by atoms with Gasteiger partial charge >= 0.3 is 0 Å². The van der Waals surface area contributed by atoms with E-state index in [-0.39, 0.29) is 24.7 Å². The Morgan fingerprint density at radius 2 is 2.11 bits per heavy atom. The van der Waals surface area contributed by atoms with Crippen molar-refractivity contribution in [1.82, 2.24) is 5.32 Å². The van der Waals surface area contributed by atoms with Crippen LogP contribution in [-0.4, -0.2) is 18.7 Å². The molecule has 0 bridgehead atoms. The molecule has 1 aliphatic heterocycles. The first-order valence-corrected chi connectivity index (χ1v) is 5.99. The summed E-state index contributed by atoms with van der Waals surface area (Å²) in [5, 5.41) is 2.86. The molecule has 5 heteroatoms. The van der Waals surface area contributed by atoms with Crippen molar-refractivity contribution >= 4 is 5.91 Å². The number of hydrogen-bond acceptors (Lipinski definition) is 4. The molecule has 0 spiro atoms. The molecule has 0 aliphatic carbocycles. The van der Waals surface area contributed by atoms with Crippen LogP contribution in [-0.2, 0) is 11.3 Å². The first kappa shape index (κ1) is 12.7. The Hall–Kier alpha value is -1.75. The summed E-state index contributed by atoms with van der Waals surface area (Å²) < 4.78 is 10.5. The average molecular weight is 250 g/mol. The van der Waals surface area contributed by atoms with Gasteiger partial charge in [0.2, 0.25) is 12.7 Å². The minimum Gasteiger partial charge on any atom is -0.454 e. The predicted octanol–water partition coefficient (Wildman–Crippen LogP) is 1.01. The van der Waals surface area contributed by atoms with E-state index in [1.807, 2.05) is 32.0 Å². The third-order valence-corrected chi connectivity index (χ3v) is 3.11. The SMILES string of the molecule is CC(N)C(C)C(=O)NCc1ccc2c(c1)OCO2. The number of nitrogens with one attached hydrogen (secondary N) is 1. The highest BCUT2D eigenvalue weighted by atomic mass is 16.7. The van der Waals surface area contributed by atoms with Gasteiger partial charge in [0.25, 0.3) is 0 Å². The van der Waals surface area contributed by atoms with Gasteiger partial charge in [-0.3, -0.25) is 4.79 Å². The molecule has 1 aliphatic rings. The molecule has 0 aromatic heterocycles.